The lowest BCUT2D eigenvalue weighted by Crippen LogP contribution is -2.40. The molecule has 8 heteroatoms. The molecule has 124 valence electrons. The van der Waals surface area contributed by atoms with Crippen LogP contribution in [0.4, 0.5) is 0 Å². The summed E-state index contributed by atoms with van der Waals surface area (Å²) in [5.74, 6) is 0.498. The molecule has 0 amide bonds. The number of halogens is 2. The molecule has 22 heavy (non-hydrogen) atoms. The fourth-order valence-electron chi connectivity index (χ4n) is 2.95. The number of ether oxygens (including phenoxy) is 1. The molecule has 0 atom stereocenters. The third kappa shape index (κ3) is 3.76. The molecule has 1 aliphatic heterocycles. The summed E-state index contributed by atoms with van der Waals surface area (Å²) in [6, 6.07) is 3.69. The first kappa shape index (κ1) is 18.0. The van der Waals surface area contributed by atoms with Gasteiger partial charge in [0, 0.05) is 28.5 Å². The van der Waals surface area contributed by atoms with Crippen molar-refractivity contribution in [1.82, 2.24) is 4.72 Å². The molecule has 1 aromatic carbocycles. The number of sulfonamides is 1. The second-order valence-electron chi connectivity index (χ2n) is 5.72. The van der Waals surface area contributed by atoms with E-state index in [1.165, 1.54) is 0 Å². The Bertz CT molecular complexity index is 646. The van der Waals surface area contributed by atoms with Crippen LogP contribution in [0.5, 0.6) is 5.75 Å². The van der Waals surface area contributed by atoms with Crippen molar-refractivity contribution in [2.45, 2.75) is 49.1 Å². The van der Waals surface area contributed by atoms with Crippen LogP contribution in [0, 0.1) is 0 Å². The van der Waals surface area contributed by atoms with Crippen LogP contribution in [0.3, 0.4) is 0 Å². The summed E-state index contributed by atoms with van der Waals surface area (Å²) in [5, 5.41) is 0. The molecule has 1 aromatic rings. The van der Waals surface area contributed by atoms with Gasteiger partial charge < -0.3 is 10.5 Å². The van der Waals surface area contributed by atoms with Crippen molar-refractivity contribution < 1.29 is 13.2 Å². The Labute approximate surface area is 145 Å². The topological polar surface area (TPSA) is 81.4 Å². The number of benzene rings is 1. The van der Waals surface area contributed by atoms with Gasteiger partial charge in [0.05, 0.1) is 6.61 Å². The molecule has 3 rings (SSSR count). The third-order valence-electron chi connectivity index (χ3n) is 4.10. The Hall–Kier alpha value is -0.340. The number of nitrogens with two attached hydrogens (primary N) is 1. The Morgan fingerprint density at radius 1 is 1.23 bits per heavy atom. The van der Waals surface area contributed by atoms with Gasteiger partial charge in [-0.1, -0.05) is 15.9 Å². The van der Waals surface area contributed by atoms with Crippen molar-refractivity contribution in [3.05, 3.63) is 22.2 Å². The zero-order valence-electron chi connectivity index (χ0n) is 12.0. The van der Waals surface area contributed by atoms with Crippen molar-refractivity contribution in [1.29, 1.82) is 0 Å². The van der Waals surface area contributed by atoms with Crippen molar-refractivity contribution in [3.63, 3.8) is 0 Å². The fraction of sp³-hybridized carbons (Fsp3) is 0.571. The van der Waals surface area contributed by atoms with E-state index in [0.29, 0.717) is 12.4 Å². The molecule has 0 saturated heterocycles. The van der Waals surface area contributed by atoms with Gasteiger partial charge in [-0.25, -0.2) is 13.1 Å². The van der Waals surface area contributed by atoms with Gasteiger partial charge in [-0.05, 0) is 37.8 Å². The molecule has 1 fully saturated rings. The molecular weight excluding hydrogens is 392 g/mol. The van der Waals surface area contributed by atoms with E-state index in [1.807, 2.05) is 6.07 Å². The van der Waals surface area contributed by atoms with Crippen molar-refractivity contribution in [2.24, 2.45) is 5.73 Å². The van der Waals surface area contributed by atoms with Crippen LogP contribution >= 0.6 is 28.3 Å². The highest BCUT2D eigenvalue weighted by Gasteiger charge is 2.29. The quantitative estimate of drug-likeness (QED) is 0.800. The summed E-state index contributed by atoms with van der Waals surface area (Å²) in [7, 11) is -3.57. The van der Waals surface area contributed by atoms with Crippen molar-refractivity contribution >= 4 is 38.4 Å². The number of fused-ring (bicyclic) bond motifs is 1. The lowest BCUT2D eigenvalue weighted by atomic mass is 9.93. The maximum Gasteiger partial charge on any atom is 0.244 e. The monoisotopic (exact) mass is 410 g/mol. The van der Waals surface area contributed by atoms with Crippen LogP contribution in [0.1, 0.15) is 31.2 Å². The highest BCUT2D eigenvalue weighted by atomic mass is 79.9. The van der Waals surface area contributed by atoms with Crippen LogP contribution in [-0.4, -0.2) is 27.1 Å². The van der Waals surface area contributed by atoms with E-state index in [0.717, 1.165) is 42.1 Å². The van der Waals surface area contributed by atoms with Crippen LogP contribution in [0.25, 0.3) is 0 Å². The normalized spacial score (nSPS) is 24.3. The average molecular weight is 412 g/mol. The fourth-order valence-corrected chi connectivity index (χ4v) is 5.13. The lowest BCUT2D eigenvalue weighted by molar-refractivity contribution is 0.347. The molecule has 0 unspecified atom stereocenters. The summed E-state index contributed by atoms with van der Waals surface area (Å²) >= 11 is 3.38. The van der Waals surface area contributed by atoms with Gasteiger partial charge >= 0.3 is 0 Å². The first-order chi connectivity index (χ1) is 9.95. The largest absolute Gasteiger partial charge is 0.492 e. The second-order valence-corrected chi connectivity index (χ2v) is 8.32. The molecule has 0 aromatic heterocycles. The van der Waals surface area contributed by atoms with E-state index in [4.69, 9.17) is 10.5 Å². The molecule has 3 N–H and O–H groups in total. The van der Waals surface area contributed by atoms with Gasteiger partial charge in [0.1, 0.15) is 10.6 Å². The molecule has 5 nitrogen and oxygen atoms in total. The van der Waals surface area contributed by atoms with Crippen LogP contribution in [-0.2, 0) is 16.4 Å². The first-order valence-electron chi connectivity index (χ1n) is 7.19. The van der Waals surface area contributed by atoms with E-state index < -0.39 is 10.0 Å². The number of nitrogens with one attached hydrogen (secondary N) is 1. The maximum atomic E-state index is 12.7. The standard InChI is InChI=1S/C14H19BrN2O3S.ClH/c15-10-7-9-5-6-20-14(9)13(8-10)21(18,19)17-12-3-1-11(16)2-4-12;/h7-8,11-12,17H,1-6,16H2;1H. The summed E-state index contributed by atoms with van der Waals surface area (Å²) in [6.07, 6.45) is 4.05. The summed E-state index contributed by atoms with van der Waals surface area (Å²) < 4.78 is 34.4. The number of hydrogen-bond donors (Lipinski definition) is 2. The smallest absolute Gasteiger partial charge is 0.244 e. The Kier molecular flexibility index (Phi) is 5.77. The molecular formula is C14H20BrClN2O3S. The number of rotatable bonds is 3. The lowest BCUT2D eigenvalue weighted by Gasteiger charge is -2.26. The van der Waals surface area contributed by atoms with Crippen LogP contribution in [0.15, 0.2) is 21.5 Å². The summed E-state index contributed by atoms with van der Waals surface area (Å²) in [6.45, 7) is 0.534. The Balaban J connectivity index is 0.00000176. The predicted octanol–water partition coefficient (Wildman–Crippen LogP) is 2.35. The molecule has 1 aliphatic carbocycles. The third-order valence-corrected chi connectivity index (χ3v) is 6.08. The minimum Gasteiger partial charge on any atom is -0.492 e. The van der Waals surface area contributed by atoms with Gasteiger partial charge in [-0.3, -0.25) is 0 Å². The highest BCUT2D eigenvalue weighted by Crippen LogP contribution is 2.36. The van der Waals surface area contributed by atoms with Gasteiger partial charge in [-0.2, -0.15) is 0 Å². The second kappa shape index (κ2) is 7.05. The molecule has 0 radical (unpaired) electrons. The Morgan fingerprint density at radius 2 is 1.91 bits per heavy atom. The van der Waals surface area contributed by atoms with Gasteiger partial charge in [0.25, 0.3) is 0 Å². The van der Waals surface area contributed by atoms with Gasteiger partial charge in [-0.15, -0.1) is 12.4 Å². The molecule has 2 aliphatic rings. The zero-order valence-corrected chi connectivity index (χ0v) is 15.3. The summed E-state index contributed by atoms with van der Waals surface area (Å²) in [5.41, 5.74) is 6.80. The van der Waals surface area contributed by atoms with Gasteiger partial charge in [0.15, 0.2) is 0 Å². The molecule has 1 heterocycles. The van der Waals surface area contributed by atoms with E-state index >= 15 is 0 Å². The average Bonchev–Trinajstić information content (AvgIpc) is 2.88. The SMILES string of the molecule is Cl.NC1CCC(NS(=O)(=O)c2cc(Br)cc3c2OCC3)CC1. The highest BCUT2D eigenvalue weighted by molar-refractivity contribution is 9.10. The molecule has 0 spiro atoms. The minimum atomic E-state index is -3.57. The van der Waals surface area contributed by atoms with Crippen LogP contribution < -0.4 is 15.2 Å². The van der Waals surface area contributed by atoms with Crippen molar-refractivity contribution in [2.75, 3.05) is 6.61 Å². The predicted molar refractivity (Wildman–Crippen MR) is 91.1 cm³/mol. The van der Waals surface area contributed by atoms with E-state index in [-0.39, 0.29) is 29.4 Å². The molecule has 0 bridgehead atoms. The van der Waals surface area contributed by atoms with Crippen molar-refractivity contribution in [3.8, 4) is 5.75 Å². The van der Waals surface area contributed by atoms with E-state index in [1.54, 1.807) is 6.07 Å². The molecule has 1 saturated carbocycles. The Morgan fingerprint density at radius 3 is 2.59 bits per heavy atom. The summed E-state index contributed by atoms with van der Waals surface area (Å²) in [4.78, 5) is 0.235. The maximum absolute atomic E-state index is 12.7. The van der Waals surface area contributed by atoms with E-state index in [9.17, 15) is 8.42 Å². The van der Waals surface area contributed by atoms with Crippen LogP contribution in [0.2, 0.25) is 0 Å². The zero-order chi connectivity index (χ0) is 15.0. The first-order valence-corrected chi connectivity index (χ1v) is 9.46. The van der Waals surface area contributed by atoms with Gasteiger partial charge in [0.2, 0.25) is 10.0 Å². The minimum absolute atomic E-state index is 0. The number of hydrogen-bond acceptors (Lipinski definition) is 4. The van der Waals surface area contributed by atoms with E-state index in [2.05, 4.69) is 20.7 Å².